The monoisotopic (exact) mass is 1280 g/mol. The SMILES string of the molecule is Cn1cc(NC(=O)c2nccn2C)cc1C(=O)NCCC(=O)Nc1cn(C)c(C(=O)Nc2cc(C(=O)N3CC(C(=O)Nc4cn(C)c(C(=O)NCCCCOCCOCCOCCOCCOCCOCCOCCOCCOc5ccc(N)cc5)n4)C3)n(C)c2)n1. The highest BCUT2D eigenvalue weighted by molar-refractivity contribution is 6.05. The first kappa shape index (κ1) is 70.4. The molecule has 92 heavy (non-hydrogen) atoms. The maximum Gasteiger partial charge on any atom is 0.291 e. The Morgan fingerprint density at radius 3 is 1.49 bits per heavy atom. The summed E-state index contributed by atoms with van der Waals surface area (Å²) in [6.45, 7) is 8.41. The number of benzene rings is 1. The second-order valence-corrected chi connectivity index (χ2v) is 21.1. The molecule has 0 saturated carbocycles. The van der Waals surface area contributed by atoms with Crippen LogP contribution < -0.4 is 42.4 Å². The maximum atomic E-state index is 13.5. The fourth-order valence-electron chi connectivity index (χ4n) is 8.96. The van der Waals surface area contributed by atoms with Gasteiger partial charge in [-0.05, 0) is 49.2 Å². The van der Waals surface area contributed by atoms with Gasteiger partial charge in [-0.25, -0.2) is 15.0 Å². The van der Waals surface area contributed by atoms with Gasteiger partial charge in [0, 0.05) is 117 Å². The molecule has 7 amide bonds. The van der Waals surface area contributed by atoms with E-state index in [1.807, 2.05) is 12.1 Å². The standard InChI is InChI=1S/C60H84N16O16/c1-71-16-15-62-52(71)58(81)65-44-34-47(72(2)38-44)56(79)64-14-12-51(77)67-49-40-75(5)54(68-49)59(82)66-45-35-48(73(3)39-45)60(83)76-36-42(37-76)55(78)70-50-41-74(4)53(69-50)57(80)63-13-6-7-17-84-18-19-85-20-21-86-22-23-87-24-25-88-26-27-89-28-29-90-30-31-91-32-33-92-46-10-8-43(61)9-11-46/h8-11,15-16,34-35,38-42H,6-7,12-14,17-33,36-37,61H2,1-5H3,(H,63,80)(H,64,79)(H,65,81)(H,66,82)(H,67,77)(H,70,78). The summed E-state index contributed by atoms with van der Waals surface area (Å²) in [5.74, 6) is -2.26. The molecule has 0 spiro atoms. The van der Waals surface area contributed by atoms with E-state index in [0.717, 1.165) is 5.75 Å². The Hall–Kier alpha value is -9.02. The van der Waals surface area contributed by atoms with Crippen LogP contribution in [0.4, 0.5) is 28.7 Å². The molecule has 6 aromatic rings. The Morgan fingerprint density at radius 1 is 0.489 bits per heavy atom. The van der Waals surface area contributed by atoms with E-state index in [1.165, 1.54) is 38.6 Å². The number of carbonyl (C=O) groups excluding carboxylic acids is 7. The fourth-order valence-corrected chi connectivity index (χ4v) is 8.96. The lowest BCUT2D eigenvalue weighted by atomic mass is 9.98. The van der Waals surface area contributed by atoms with Gasteiger partial charge in [0.25, 0.3) is 29.5 Å². The highest BCUT2D eigenvalue weighted by atomic mass is 16.6. The molecular formula is C60H84N16O16. The molecule has 1 aromatic carbocycles. The van der Waals surface area contributed by atoms with Crippen LogP contribution in [0, 0.1) is 5.92 Å². The van der Waals surface area contributed by atoms with Gasteiger partial charge in [0.2, 0.25) is 23.5 Å². The van der Waals surface area contributed by atoms with Gasteiger partial charge in [-0.2, -0.15) is 0 Å². The largest absolute Gasteiger partial charge is 0.491 e. The number of ether oxygens (including phenoxy) is 9. The fraction of sp³-hybridized carbons (Fsp3) is 0.500. The Bertz CT molecular complexity index is 3330. The average Bonchev–Trinajstić information content (AvgIpc) is 1.48. The van der Waals surface area contributed by atoms with Crippen molar-refractivity contribution < 1.29 is 76.2 Å². The van der Waals surface area contributed by atoms with Crippen molar-refractivity contribution in [1.82, 2.24) is 53.3 Å². The van der Waals surface area contributed by atoms with Crippen LogP contribution in [0.1, 0.15) is 72.1 Å². The maximum absolute atomic E-state index is 13.5. The minimum absolute atomic E-state index is 0.0157. The van der Waals surface area contributed by atoms with Crippen molar-refractivity contribution in [1.29, 1.82) is 0 Å². The topological polar surface area (TPSA) is 367 Å². The van der Waals surface area contributed by atoms with Crippen LogP contribution in [0.25, 0.3) is 0 Å². The van der Waals surface area contributed by atoms with Gasteiger partial charge >= 0.3 is 0 Å². The highest BCUT2D eigenvalue weighted by Gasteiger charge is 2.37. The van der Waals surface area contributed by atoms with E-state index in [-0.39, 0.29) is 78.4 Å². The summed E-state index contributed by atoms with van der Waals surface area (Å²) in [6, 6.07) is 10.2. The summed E-state index contributed by atoms with van der Waals surface area (Å²) < 4.78 is 57.5. The number of nitrogen functional groups attached to an aromatic ring is 1. The molecule has 1 saturated heterocycles. The molecule has 7 rings (SSSR count). The van der Waals surface area contributed by atoms with Gasteiger partial charge in [-0.15, -0.1) is 0 Å². The van der Waals surface area contributed by atoms with Crippen LogP contribution in [-0.2, 0) is 82.7 Å². The van der Waals surface area contributed by atoms with Crippen molar-refractivity contribution in [2.45, 2.75) is 19.3 Å². The molecular weight excluding hydrogens is 1200 g/mol. The van der Waals surface area contributed by atoms with E-state index in [1.54, 1.807) is 85.9 Å². The molecule has 32 heteroatoms. The second kappa shape index (κ2) is 37.3. The molecule has 0 radical (unpaired) electrons. The van der Waals surface area contributed by atoms with Crippen LogP contribution in [0.5, 0.6) is 5.75 Å². The van der Waals surface area contributed by atoms with Gasteiger partial charge in [0.05, 0.1) is 116 Å². The summed E-state index contributed by atoms with van der Waals surface area (Å²) in [7, 11) is 8.21. The molecule has 1 aliphatic rings. The van der Waals surface area contributed by atoms with E-state index >= 15 is 0 Å². The smallest absolute Gasteiger partial charge is 0.291 e. The van der Waals surface area contributed by atoms with Crippen LogP contribution in [0.2, 0.25) is 0 Å². The number of hydrogen-bond acceptors (Lipinski definition) is 20. The summed E-state index contributed by atoms with van der Waals surface area (Å²) >= 11 is 0. The minimum Gasteiger partial charge on any atom is -0.491 e. The molecule has 0 atom stereocenters. The third-order valence-corrected chi connectivity index (χ3v) is 13.8. The van der Waals surface area contributed by atoms with Crippen LogP contribution in [0.3, 0.4) is 0 Å². The van der Waals surface area contributed by atoms with Crippen molar-refractivity contribution in [2.75, 3.05) is 165 Å². The quantitative estimate of drug-likeness (QED) is 0.0212. The normalized spacial score (nSPS) is 12.2. The number of nitrogens with zero attached hydrogens (tertiary/aromatic N) is 9. The molecule has 32 nitrogen and oxygen atoms in total. The van der Waals surface area contributed by atoms with Crippen molar-refractivity contribution in [3.8, 4) is 5.75 Å². The summed E-state index contributed by atoms with van der Waals surface area (Å²) in [5.41, 5.74) is 7.58. The lowest BCUT2D eigenvalue weighted by Crippen LogP contribution is -2.54. The third-order valence-electron chi connectivity index (χ3n) is 13.8. The zero-order valence-electron chi connectivity index (χ0n) is 52.6. The summed E-state index contributed by atoms with van der Waals surface area (Å²) in [5, 5.41) is 16.3. The zero-order valence-corrected chi connectivity index (χ0v) is 52.6. The van der Waals surface area contributed by atoms with Gasteiger partial charge < -0.3 is 108 Å². The summed E-state index contributed by atoms with van der Waals surface area (Å²) in [4.78, 5) is 105. The lowest BCUT2D eigenvalue weighted by molar-refractivity contribution is -0.123. The Kier molecular flexibility index (Phi) is 28.6. The Balaban J connectivity index is 0.649. The number of hydrogen-bond donors (Lipinski definition) is 7. The Morgan fingerprint density at radius 2 is 0.957 bits per heavy atom. The number of aromatic nitrogens is 8. The number of anilines is 5. The first-order valence-electron chi connectivity index (χ1n) is 30.1. The van der Waals surface area contributed by atoms with E-state index in [0.29, 0.717) is 149 Å². The van der Waals surface area contributed by atoms with E-state index in [4.69, 9.17) is 48.4 Å². The number of nitrogens with two attached hydrogens (primary N) is 1. The summed E-state index contributed by atoms with van der Waals surface area (Å²) in [6.07, 6.45) is 10.6. The van der Waals surface area contributed by atoms with Gasteiger partial charge in [-0.3, -0.25) is 33.6 Å². The number of unbranched alkanes of at least 4 members (excludes halogenated alkanes) is 1. The minimum atomic E-state index is -0.608. The van der Waals surface area contributed by atoms with Crippen LogP contribution in [-0.4, -0.2) is 223 Å². The van der Waals surface area contributed by atoms with E-state index < -0.39 is 35.5 Å². The van der Waals surface area contributed by atoms with Gasteiger partial charge in [-0.1, -0.05) is 0 Å². The highest BCUT2D eigenvalue weighted by Crippen LogP contribution is 2.24. The number of imidazole rings is 3. The molecule has 5 aromatic heterocycles. The molecule has 6 heterocycles. The van der Waals surface area contributed by atoms with Gasteiger partial charge in [0.15, 0.2) is 17.5 Å². The van der Waals surface area contributed by atoms with Crippen molar-refractivity contribution in [3.05, 3.63) is 102 Å². The first-order chi connectivity index (χ1) is 44.5. The molecule has 0 aliphatic carbocycles. The van der Waals surface area contributed by atoms with Crippen molar-refractivity contribution in [2.24, 2.45) is 41.2 Å². The Labute approximate surface area is 532 Å². The van der Waals surface area contributed by atoms with Crippen molar-refractivity contribution >= 4 is 70.0 Å². The number of carbonyl (C=O) groups is 7. The van der Waals surface area contributed by atoms with Gasteiger partial charge in [0.1, 0.15) is 23.7 Å². The lowest BCUT2D eigenvalue weighted by Gasteiger charge is -2.38. The zero-order chi connectivity index (χ0) is 65.6. The number of nitrogens with one attached hydrogen (secondary N) is 6. The van der Waals surface area contributed by atoms with Crippen molar-refractivity contribution in [3.63, 3.8) is 0 Å². The molecule has 0 unspecified atom stereocenters. The van der Waals surface area contributed by atoms with E-state index in [9.17, 15) is 33.6 Å². The molecule has 500 valence electrons. The third kappa shape index (κ3) is 23.0. The predicted octanol–water partition coefficient (Wildman–Crippen LogP) is 1.84. The van der Waals surface area contributed by atoms with E-state index in [2.05, 4.69) is 46.9 Å². The first-order valence-corrected chi connectivity index (χ1v) is 30.1. The average molecular weight is 1290 g/mol. The predicted molar refractivity (Wildman–Crippen MR) is 334 cm³/mol. The molecule has 1 fully saturated rings. The second-order valence-electron chi connectivity index (χ2n) is 21.1. The number of rotatable bonds is 43. The number of amides is 7. The van der Waals surface area contributed by atoms with Crippen LogP contribution >= 0.6 is 0 Å². The molecule has 0 bridgehead atoms. The number of likely N-dealkylation sites (tertiary alicyclic amines) is 1. The molecule has 8 N–H and O–H groups in total. The number of aryl methyl sites for hydroxylation is 5. The van der Waals surface area contributed by atoms with Crippen LogP contribution in [0.15, 0.2) is 73.6 Å². The molecule has 1 aliphatic heterocycles.